The van der Waals surface area contributed by atoms with Gasteiger partial charge in [-0.05, 0) is 87.1 Å². The molecule has 27 heteroatoms. The van der Waals surface area contributed by atoms with E-state index in [1.54, 1.807) is 23.6 Å². The third-order valence-electron chi connectivity index (χ3n) is 11.4. The average Bonchev–Trinajstić information content (AvgIpc) is 3.36. The van der Waals surface area contributed by atoms with Crippen LogP contribution in [-0.4, -0.2) is 104 Å². The van der Waals surface area contributed by atoms with Gasteiger partial charge in [-0.3, -0.25) is 19.0 Å². The molecule has 0 saturated carbocycles. The number of sulfonamides is 2. The van der Waals surface area contributed by atoms with E-state index in [4.69, 9.17) is 18.9 Å². The first-order valence-electron chi connectivity index (χ1n) is 22.5. The Hall–Kier alpha value is -7.65. The minimum atomic E-state index is -4.54. The van der Waals surface area contributed by atoms with Crippen molar-refractivity contribution in [2.75, 3.05) is 63.4 Å². The Morgan fingerprint density at radius 3 is 1.39 bits per heavy atom. The summed E-state index contributed by atoms with van der Waals surface area (Å²) < 4.78 is 139. The highest BCUT2D eigenvalue weighted by atomic mass is 32.2. The van der Waals surface area contributed by atoms with Crippen molar-refractivity contribution in [3.05, 3.63) is 105 Å². The Morgan fingerprint density at radius 1 is 0.649 bits per heavy atom. The lowest BCUT2D eigenvalue weighted by Gasteiger charge is -2.32. The van der Waals surface area contributed by atoms with E-state index in [-0.39, 0.29) is 122 Å². The fourth-order valence-electron chi connectivity index (χ4n) is 7.75. The van der Waals surface area contributed by atoms with Crippen LogP contribution in [0, 0.1) is 46.1 Å². The topological polar surface area (TPSA) is 277 Å². The number of nitrogens with zero attached hydrogens (tertiary/aromatic N) is 6. The monoisotopic (exact) mass is 1080 g/mol. The van der Waals surface area contributed by atoms with Crippen LogP contribution in [0.25, 0.3) is 0 Å². The summed E-state index contributed by atoms with van der Waals surface area (Å²) in [6.07, 6.45) is -3.52. The van der Waals surface area contributed by atoms with E-state index in [1.807, 2.05) is 21.6 Å². The molecule has 0 aliphatic carbocycles. The van der Waals surface area contributed by atoms with Crippen molar-refractivity contribution in [1.82, 2.24) is 19.4 Å². The summed E-state index contributed by atoms with van der Waals surface area (Å²) in [5.41, 5.74) is -0.562. The molecule has 0 spiro atoms. The fourth-order valence-corrected chi connectivity index (χ4v) is 10.1. The van der Waals surface area contributed by atoms with Crippen LogP contribution < -0.4 is 28.7 Å². The first kappa shape index (κ1) is 57.3. The lowest BCUT2D eigenvalue weighted by Crippen LogP contribution is -2.43. The predicted octanol–water partition coefficient (Wildman–Crippen LogP) is 5.30. The first-order valence-corrected chi connectivity index (χ1v) is 25.8. The number of anilines is 2. The predicted molar refractivity (Wildman–Crippen MR) is 252 cm³/mol. The Bertz CT molecular complexity index is 3050. The summed E-state index contributed by atoms with van der Waals surface area (Å²) >= 11 is 0. The van der Waals surface area contributed by atoms with Crippen LogP contribution in [0.1, 0.15) is 88.1 Å². The summed E-state index contributed by atoms with van der Waals surface area (Å²) in [7, 11) is -5.63. The van der Waals surface area contributed by atoms with E-state index < -0.39 is 90.5 Å². The molecule has 2 fully saturated rings. The van der Waals surface area contributed by atoms with Crippen LogP contribution in [0.15, 0.2) is 54.6 Å². The molecule has 2 aliphatic heterocycles. The van der Waals surface area contributed by atoms with Crippen LogP contribution in [-0.2, 0) is 56.8 Å². The minimum Gasteiger partial charge on any atom is -0.480 e. The van der Waals surface area contributed by atoms with Gasteiger partial charge in [0.05, 0.1) is 55.6 Å². The van der Waals surface area contributed by atoms with Crippen LogP contribution in [0.4, 0.5) is 33.6 Å². The molecular weight excluding hydrogens is 1030 g/mol. The summed E-state index contributed by atoms with van der Waals surface area (Å²) in [5, 5.41) is 19.2. The molecule has 2 aromatic carbocycles. The van der Waals surface area contributed by atoms with Gasteiger partial charge >= 0.3 is 18.1 Å². The van der Waals surface area contributed by atoms with Gasteiger partial charge in [-0.25, -0.2) is 35.2 Å². The van der Waals surface area contributed by atoms with Gasteiger partial charge in [-0.2, -0.15) is 33.7 Å². The number of esters is 2. The summed E-state index contributed by atoms with van der Waals surface area (Å²) in [5.74, 6) is -7.20. The third-order valence-corrected chi connectivity index (χ3v) is 13.8. The molecule has 0 bridgehead atoms. The second-order valence-electron chi connectivity index (χ2n) is 16.4. The second-order valence-corrected chi connectivity index (χ2v) is 19.9. The number of rotatable bonds is 16. The molecule has 2 amide bonds. The van der Waals surface area contributed by atoms with E-state index in [0.29, 0.717) is 0 Å². The number of carbonyl (C=O) groups is 4. The number of nitriles is 2. The number of methoxy groups -OCH3 is 2. The molecule has 2 aromatic heterocycles. The number of amides is 2. The lowest BCUT2D eigenvalue weighted by molar-refractivity contribution is -0.137. The number of benzene rings is 2. The number of pyridine rings is 2. The number of halogens is 5. The molecule has 0 radical (unpaired) electrons. The highest BCUT2D eigenvalue weighted by Crippen LogP contribution is 2.33. The number of hydrogen-bond acceptors (Lipinski definition) is 18. The Morgan fingerprint density at radius 2 is 1.04 bits per heavy atom. The maximum absolute atomic E-state index is 13.4. The maximum atomic E-state index is 13.4. The van der Waals surface area contributed by atoms with Crippen molar-refractivity contribution < 1.29 is 76.9 Å². The molecule has 4 aromatic rings. The molecular formula is C47H49F5N8O12S2. The van der Waals surface area contributed by atoms with E-state index >= 15 is 0 Å². The quantitative estimate of drug-likeness (QED) is 0.106. The standard InChI is InChI=1S/C24H25F3N4O6S.C23H24F2N4O6S/c1-3-37-23(33)19-12-17(13-28)20(29-22(19)36-2)31-10-8-16(9-11-31)21(32)30-38(34,35)14-15-4-6-18(7-5-15)24(25,26)27;1-3-35-23(31)17-11-16(12-26)20(27-22(17)34-2)29-8-6-15(7-9-29)21(30)28-36(32,33)13-14-4-5-18(24)19(25)10-14/h4-7,12,16H,3,8-11,14H2,1-2H3,(H,30,32);4-5,10-11,15H,3,6-9,13H2,1-2H3,(H,28,30). The van der Waals surface area contributed by atoms with Gasteiger partial charge in [0.25, 0.3) is 0 Å². The van der Waals surface area contributed by atoms with Gasteiger partial charge in [0, 0.05) is 38.0 Å². The highest BCUT2D eigenvalue weighted by molar-refractivity contribution is 7.89. The van der Waals surface area contributed by atoms with Gasteiger partial charge in [-0.1, -0.05) is 18.2 Å². The molecule has 2 N–H and O–H groups in total. The molecule has 0 unspecified atom stereocenters. The van der Waals surface area contributed by atoms with E-state index in [1.165, 1.54) is 26.4 Å². The molecule has 2 aliphatic rings. The minimum absolute atomic E-state index is 0.000612. The van der Waals surface area contributed by atoms with Crippen molar-refractivity contribution >= 4 is 55.4 Å². The van der Waals surface area contributed by atoms with Crippen LogP contribution in [0.3, 0.4) is 0 Å². The first-order chi connectivity index (χ1) is 35.0. The van der Waals surface area contributed by atoms with E-state index in [9.17, 15) is 68.5 Å². The van der Waals surface area contributed by atoms with Gasteiger partial charge in [-0.15, -0.1) is 0 Å². The number of hydrogen-bond donors (Lipinski definition) is 2. The number of nitrogens with one attached hydrogen (secondary N) is 2. The second kappa shape index (κ2) is 24.9. The van der Waals surface area contributed by atoms with Crippen molar-refractivity contribution in [3.63, 3.8) is 0 Å². The van der Waals surface area contributed by atoms with Crippen molar-refractivity contribution in [3.8, 4) is 23.9 Å². The number of carbonyl (C=O) groups excluding carboxylic acids is 4. The molecule has 20 nitrogen and oxygen atoms in total. The Kier molecular flexibility index (Phi) is 19.2. The fraction of sp³-hybridized carbons (Fsp3) is 0.404. The van der Waals surface area contributed by atoms with E-state index in [0.717, 1.165) is 42.5 Å². The smallest absolute Gasteiger partial charge is 0.416 e. The number of alkyl halides is 3. The Labute approximate surface area is 422 Å². The van der Waals surface area contributed by atoms with Gasteiger partial charge in [0.2, 0.25) is 43.6 Å². The number of aromatic nitrogens is 2. The maximum Gasteiger partial charge on any atom is 0.416 e. The molecule has 396 valence electrons. The zero-order chi connectivity index (χ0) is 54.5. The summed E-state index contributed by atoms with van der Waals surface area (Å²) in [6.45, 7) is 4.64. The zero-order valence-electron chi connectivity index (χ0n) is 40.1. The van der Waals surface area contributed by atoms with Crippen LogP contribution >= 0.6 is 0 Å². The largest absolute Gasteiger partial charge is 0.480 e. The molecule has 2 saturated heterocycles. The van der Waals surface area contributed by atoms with Crippen molar-refractivity contribution in [2.24, 2.45) is 11.8 Å². The number of piperidine rings is 2. The highest BCUT2D eigenvalue weighted by Gasteiger charge is 2.34. The molecule has 6 rings (SSSR count). The average molecular weight is 1080 g/mol. The zero-order valence-corrected chi connectivity index (χ0v) is 41.8. The van der Waals surface area contributed by atoms with Gasteiger partial charge in [0.15, 0.2) is 23.3 Å². The van der Waals surface area contributed by atoms with Gasteiger partial charge < -0.3 is 28.7 Å². The summed E-state index contributed by atoms with van der Waals surface area (Å²) in [4.78, 5) is 61.7. The van der Waals surface area contributed by atoms with Crippen molar-refractivity contribution in [2.45, 2.75) is 57.2 Å². The lowest BCUT2D eigenvalue weighted by atomic mass is 9.96. The van der Waals surface area contributed by atoms with Gasteiger partial charge in [0.1, 0.15) is 23.3 Å². The van der Waals surface area contributed by atoms with Crippen LogP contribution in [0.2, 0.25) is 0 Å². The number of ether oxygens (including phenoxy) is 4. The van der Waals surface area contributed by atoms with Crippen molar-refractivity contribution in [1.29, 1.82) is 10.5 Å². The summed E-state index contributed by atoms with van der Waals surface area (Å²) in [6, 6.07) is 13.0. The SMILES string of the molecule is CCOC(=O)c1cc(C#N)c(N2CCC(C(=O)NS(=O)(=O)Cc3ccc(C(F)(F)F)cc3)CC2)nc1OC.CCOC(=O)c1cc(C#N)c(N2CCC(C(=O)NS(=O)(=O)Cc3ccc(F)c(F)c3)CC2)nc1OC. The third kappa shape index (κ3) is 15.0. The normalized spacial score (nSPS) is 14.3. The Balaban J connectivity index is 0.000000274. The van der Waals surface area contributed by atoms with Crippen LogP contribution in [0.5, 0.6) is 11.8 Å². The van der Waals surface area contributed by atoms with E-state index in [2.05, 4.69) is 9.97 Å². The molecule has 74 heavy (non-hydrogen) atoms. The molecule has 0 atom stereocenters. The molecule has 4 heterocycles.